The molecule has 3 aromatic carbocycles. The summed E-state index contributed by atoms with van der Waals surface area (Å²) in [4.78, 5) is 12.3. The van der Waals surface area contributed by atoms with E-state index in [2.05, 4.69) is 15.5 Å². The van der Waals surface area contributed by atoms with E-state index in [-0.39, 0.29) is 33.3 Å². The number of aromatic nitrogens is 2. The van der Waals surface area contributed by atoms with Gasteiger partial charge in [-0.05, 0) is 29.8 Å². The van der Waals surface area contributed by atoms with Gasteiger partial charge in [-0.3, -0.25) is 4.79 Å². The van der Waals surface area contributed by atoms with E-state index in [9.17, 15) is 26.7 Å². The molecule has 2 heterocycles. The minimum Gasteiger partial charge on any atom is -0.376 e. The van der Waals surface area contributed by atoms with Crippen LogP contribution in [0.1, 0.15) is 34.3 Å². The second kappa shape index (κ2) is 7.41. The standard InChI is InChI=1S/C23H11F5N4O/c24-11-4-13-19-17(7-11)30-21(20-15(27)5-12(25)6-16(20)28)18(22(19)31-32-23(13)33)9-1-2-10(8-29)14(26)3-9/h1-7,18,21,30H,(H,32,33). The zero-order chi connectivity index (χ0) is 23.4. The molecule has 0 radical (unpaired) electrons. The van der Waals surface area contributed by atoms with Crippen molar-refractivity contribution in [2.75, 3.05) is 5.32 Å². The second-order valence-corrected chi connectivity index (χ2v) is 7.55. The number of halogens is 5. The molecule has 0 saturated carbocycles. The molecule has 0 spiro atoms. The number of nitrogens with zero attached hydrogens (tertiary/aromatic N) is 2. The molecule has 2 N–H and O–H groups in total. The highest BCUT2D eigenvalue weighted by molar-refractivity contribution is 5.97. The minimum absolute atomic E-state index is 0.0390. The number of hydrogen-bond donors (Lipinski definition) is 2. The molecule has 0 fully saturated rings. The van der Waals surface area contributed by atoms with Crippen molar-refractivity contribution >= 4 is 16.5 Å². The number of nitrogens with one attached hydrogen (secondary N) is 2. The van der Waals surface area contributed by atoms with Crippen LogP contribution in [0.5, 0.6) is 0 Å². The highest BCUT2D eigenvalue weighted by atomic mass is 19.2. The molecule has 5 nitrogen and oxygen atoms in total. The Bertz CT molecular complexity index is 1540. The summed E-state index contributed by atoms with van der Waals surface area (Å²) in [6.07, 6.45) is 0. The van der Waals surface area contributed by atoms with E-state index in [1.165, 1.54) is 12.1 Å². The number of hydrogen-bond acceptors (Lipinski definition) is 4. The summed E-state index contributed by atoms with van der Waals surface area (Å²) in [7, 11) is 0. The Labute approximate surface area is 182 Å². The molecule has 1 aliphatic rings. The van der Waals surface area contributed by atoms with E-state index in [1.54, 1.807) is 6.07 Å². The van der Waals surface area contributed by atoms with Crippen LogP contribution in [0.15, 0.2) is 47.3 Å². The molecule has 1 aliphatic heterocycles. The molecule has 10 heteroatoms. The maximum absolute atomic E-state index is 14.8. The van der Waals surface area contributed by atoms with Crippen LogP contribution in [0, 0.1) is 40.4 Å². The monoisotopic (exact) mass is 454 g/mol. The third-order valence-electron chi connectivity index (χ3n) is 5.65. The highest BCUT2D eigenvalue weighted by Gasteiger charge is 2.38. The van der Waals surface area contributed by atoms with Crippen LogP contribution in [0.2, 0.25) is 0 Å². The van der Waals surface area contributed by atoms with Gasteiger partial charge in [0.05, 0.1) is 28.6 Å². The maximum Gasteiger partial charge on any atom is 0.272 e. The van der Waals surface area contributed by atoms with Gasteiger partial charge >= 0.3 is 0 Å². The second-order valence-electron chi connectivity index (χ2n) is 7.55. The Morgan fingerprint density at radius 3 is 2.27 bits per heavy atom. The van der Waals surface area contributed by atoms with E-state index in [0.29, 0.717) is 12.1 Å². The van der Waals surface area contributed by atoms with Crippen LogP contribution in [0.4, 0.5) is 27.6 Å². The summed E-state index contributed by atoms with van der Waals surface area (Å²) in [5.41, 5.74) is -1.23. The molecule has 1 aromatic heterocycles. The molecule has 0 amide bonds. The van der Waals surface area contributed by atoms with Crippen molar-refractivity contribution in [1.82, 2.24) is 10.2 Å². The lowest BCUT2D eigenvalue weighted by Crippen LogP contribution is -2.29. The van der Waals surface area contributed by atoms with Gasteiger partial charge in [0.1, 0.15) is 35.2 Å². The van der Waals surface area contributed by atoms with E-state index in [4.69, 9.17) is 5.26 Å². The van der Waals surface area contributed by atoms with Crippen LogP contribution in [0.25, 0.3) is 10.8 Å². The van der Waals surface area contributed by atoms with Gasteiger partial charge in [-0.15, -0.1) is 0 Å². The molecular weight excluding hydrogens is 443 g/mol. The lowest BCUT2D eigenvalue weighted by atomic mass is 9.79. The number of rotatable bonds is 2. The zero-order valence-corrected chi connectivity index (χ0v) is 16.4. The average molecular weight is 454 g/mol. The van der Waals surface area contributed by atoms with Gasteiger partial charge in [-0.25, -0.2) is 27.1 Å². The predicted octanol–water partition coefficient (Wildman–Crippen LogP) is 4.79. The fourth-order valence-corrected chi connectivity index (χ4v) is 4.29. The first-order valence-electron chi connectivity index (χ1n) is 9.61. The van der Waals surface area contributed by atoms with E-state index in [1.807, 2.05) is 0 Å². The summed E-state index contributed by atoms with van der Waals surface area (Å²) in [6, 6.07) is 6.97. The van der Waals surface area contributed by atoms with Crippen LogP contribution in [-0.4, -0.2) is 10.2 Å². The van der Waals surface area contributed by atoms with Gasteiger partial charge in [0.25, 0.3) is 5.56 Å². The molecule has 0 aliphatic carbocycles. The van der Waals surface area contributed by atoms with Crippen molar-refractivity contribution in [3.63, 3.8) is 0 Å². The summed E-state index contributed by atoms with van der Waals surface area (Å²) in [5.74, 6) is -6.33. The molecule has 2 unspecified atom stereocenters. The molecule has 164 valence electrons. The van der Waals surface area contributed by atoms with Crippen LogP contribution in [0.3, 0.4) is 0 Å². The Morgan fingerprint density at radius 2 is 1.61 bits per heavy atom. The topological polar surface area (TPSA) is 81.6 Å². The third-order valence-corrected chi connectivity index (χ3v) is 5.65. The molecule has 0 saturated heterocycles. The minimum atomic E-state index is -1.33. The number of anilines is 1. The van der Waals surface area contributed by atoms with Gasteiger partial charge in [0, 0.05) is 28.8 Å². The maximum atomic E-state index is 14.8. The largest absolute Gasteiger partial charge is 0.376 e. The normalized spacial score (nSPS) is 17.0. The van der Waals surface area contributed by atoms with Gasteiger partial charge in [-0.1, -0.05) is 6.07 Å². The van der Waals surface area contributed by atoms with Crippen molar-refractivity contribution in [2.24, 2.45) is 0 Å². The van der Waals surface area contributed by atoms with Crippen molar-refractivity contribution < 1.29 is 22.0 Å². The quantitative estimate of drug-likeness (QED) is 0.427. The number of benzene rings is 3. The van der Waals surface area contributed by atoms with E-state index >= 15 is 0 Å². The zero-order valence-electron chi connectivity index (χ0n) is 16.4. The smallest absolute Gasteiger partial charge is 0.272 e. The molecule has 5 rings (SSSR count). The summed E-state index contributed by atoms with van der Waals surface area (Å²) >= 11 is 0. The molecular formula is C23H11F5N4O. The Balaban J connectivity index is 1.85. The number of H-pyrrole nitrogens is 1. The summed E-state index contributed by atoms with van der Waals surface area (Å²) in [5, 5.41) is 18.3. The fourth-order valence-electron chi connectivity index (χ4n) is 4.29. The summed E-state index contributed by atoms with van der Waals surface area (Å²) < 4.78 is 71.9. The number of aromatic amines is 1. The number of nitriles is 1. The van der Waals surface area contributed by atoms with E-state index in [0.717, 1.165) is 18.2 Å². The SMILES string of the molecule is N#Cc1ccc(C2c3n[nH]c(=O)c4cc(F)cc(c34)NC2c2c(F)cc(F)cc2F)cc1F. The highest BCUT2D eigenvalue weighted by Crippen LogP contribution is 2.47. The Kier molecular flexibility index (Phi) is 4.63. The summed E-state index contributed by atoms with van der Waals surface area (Å²) in [6.45, 7) is 0. The first kappa shape index (κ1) is 20.6. The molecule has 4 aromatic rings. The Hall–Kier alpha value is -4.26. The van der Waals surface area contributed by atoms with Gasteiger partial charge in [0.2, 0.25) is 0 Å². The third kappa shape index (κ3) is 3.20. The molecule has 0 bridgehead atoms. The average Bonchev–Trinajstić information content (AvgIpc) is 2.75. The first-order chi connectivity index (χ1) is 15.8. The van der Waals surface area contributed by atoms with E-state index < -0.39 is 52.2 Å². The van der Waals surface area contributed by atoms with Crippen molar-refractivity contribution in [3.8, 4) is 6.07 Å². The van der Waals surface area contributed by atoms with Crippen LogP contribution >= 0.6 is 0 Å². The fraction of sp³-hybridized carbons (Fsp3) is 0.0870. The lowest BCUT2D eigenvalue weighted by molar-refractivity contribution is 0.493. The van der Waals surface area contributed by atoms with Crippen molar-refractivity contribution in [1.29, 1.82) is 5.26 Å². The van der Waals surface area contributed by atoms with Gasteiger partial charge in [-0.2, -0.15) is 10.4 Å². The van der Waals surface area contributed by atoms with Crippen LogP contribution in [-0.2, 0) is 0 Å². The van der Waals surface area contributed by atoms with Crippen molar-refractivity contribution in [3.05, 3.63) is 104 Å². The van der Waals surface area contributed by atoms with Gasteiger partial charge < -0.3 is 5.32 Å². The lowest BCUT2D eigenvalue weighted by Gasteiger charge is -2.35. The first-order valence-corrected chi connectivity index (χ1v) is 9.61. The molecule has 33 heavy (non-hydrogen) atoms. The van der Waals surface area contributed by atoms with Crippen molar-refractivity contribution in [2.45, 2.75) is 12.0 Å². The molecule has 2 atom stereocenters. The van der Waals surface area contributed by atoms with Gasteiger partial charge in [0.15, 0.2) is 0 Å². The predicted molar refractivity (Wildman–Crippen MR) is 108 cm³/mol. The Morgan fingerprint density at radius 1 is 0.909 bits per heavy atom. The van der Waals surface area contributed by atoms with Crippen LogP contribution < -0.4 is 10.9 Å².